The summed E-state index contributed by atoms with van der Waals surface area (Å²) >= 11 is 18.1. The zero-order chi connectivity index (χ0) is 16.4. The third-order valence-corrected chi connectivity index (χ3v) is 5.06. The molecule has 0 radical (unpaired) electrons. The lowest BCUT2D eigenvalue weighted by molar-refractivity contribution is -0.147. The van der Waals surface area contributed by atoms with Crippen LogP contribution < -0.4 is 0 Å². The number of rotatable bonds is 3. The van der Waals surface area contributed by atoms with Crippen molar-refractivity contribution in [3.8, 4) is 0 Å². The molecule has 1 saturated heterocycles. The van der Waals surface area contributed by atoms with Gasteiger partial charge in [-0.1, -0.05) is 53.2 Å². The van der Waals surface area contributed by atoms with Crippen molar-refractivity contribution in [1.29, 1.82) is 0 Å². The number of methoxy groups -OCH3 is 1. The number of carbonyl (C=O) groups is 2. The average Bonchev–Trinajstić information content (AvgIpc) is 2.75. The molecule has 22 heavy (non-hydrogen) atoms. The van der Waals surface area contributed by atoms with Crippen LogP contribution in [0.1, 0.15) is 12.5 Å². The minimum atomic E-state index is -0.766. The van der Waals surface area contributed by atoms with E-state index in [1.54, 1.807) is 31.2 Å². The van der Waals surface area contributed by atoms with Crippen LogP contribution in [0.4, 0.5) is 0 Å². The molecule has 2 rings (SSSR count). The van der Waals surface area contributed by atoms with Gasteiger partial charge < -0.3 is 4.74 Å². The molecule has 1 aliphatic heterocycles. The molecule has 1 atom stereocenters. The zero-order valence-electron chi connectivity index (χ0n) is 11.6. The molecule has 1 unspecified atom stereocenters. The molecule has 0 N–H and O–H groups in total. The number of hydrogen-bond acceptors (Lipinski definition) is 5. The molecule has 1 aliphatic rings. The number of nitrogens with zero attached hydrogens (tertiary/aromatic N) is 1. The topological polar surface area (TPSA) is 46.6 Å². The first-order valence-electron chi connectivity index (χ1n) is 6.15. The van der Waals surface area contributed by atoms with Crippen molar-refractivity contribution in [3.05, 3.63) is 38.7 Å². The molecular weight excluding hydrogens is 365 g/mol. The summed E-state index contributed by atoms with van der Waals surface area (Å²) in [5.41, 5.74) is 0.723. The maximum Gasteiger partial charge on any atom is 0.328 e. The molecule has 4 nitrogen and oxygen atoms in total. The number of hydrogen-bond donors (Lipinski definition) is 0. The Bertz CT molecular complexity index is 691. The van der Waals surface area contributed by atoms with Crippen molar-refractivity contribution in [2.75, 3.05) is 7.11 Å². The Hall–Kier alpha value is -1.08. The number of esters is 1. The maximum absolute atomic E-state index is 12.4. The van der Waals surface area contributed by atoms with Gasteiger partial charge in [-0.05, 0) is 30.7 Å². The van der Waals surface area contributed by atoms with Crippen molar-refractivity contribution in [1.82, 2.24) is 4.90 Å². The lowest BCUT2D eigenvalue weighted by Gasteiger charge is -2.20. The third-order valence-electron chi connectivity index (χ3n) is 2.99. The van der Waals surface area contributed by atoms with Gasteiger partial charge in [-0.3, -0.25) is 9.69 Å². The lowest BCUT2D eigenvalue weighted by atomic mass is 10.2. The molecule has 1 heterocycles. The number of amides is 1. The van der Waals surface area contributed by atoms with Crippen molar-refractivity contribution >= 4 is 69.5 Å². The van der Waals surface area contributed by atoms with Crippen LogP contribution in [0.3, 0.4) is 0 Å². The van der Waals surface area contributed by atoms with Gasteiger partial charge in [0.2, 0.25) is 0 Å². The summed E-state index contributed by atoms with van der Waals surface area (Å²) < 4.78 is 4.96. The van der Waals surface area contributed by atoms with E-state index >= 15 is 0 Å². The quantitative estimate of drug-likeness (QED) is 0.457. The monoisotopic (exact) mass is 375 g/mol. The lowest BCUT2D eigenvalue weighted by Crippen LogP contribution is -2.42. The number of halogens is 2. The van der Waals surface area contributed by atoms with Gasteiger partial charge in [-0.2, -0.15) is 0 Å². The molecule has 0 aliphatic carbocycles. The Morgan fingerprint density at radius 1 is 1.41 bits per heavy atom. The van der Waals surface area contributed by atoms with Crippen LogP contribution in [0.5, 0.6) is 0 Å². The first kappa shape index (κ1) is 17.3. The molecule has 8 heteroatoms. The Morgan fingerprint density at radius 2 is 2.09 bits per heavy atom. The molecular formula is C14H11Cl2NO3S2. The van der Waals surface area contributed by atoms with Crippen LogP contribution in [0, 0.1) is 0 Å². The normalized spacial score (nSPS) is 18.0. The van der Waals surface area contributed by atoms with Crippen molar-refractivity contribution in [3.63, 3.8) is 0 Å². The van der Waals surface area contributed by atoms with E-state index in [2.05, 4.69) is 4.74 Å². The van der Waals surface area contributed by atoms with Crippen LogP contribution in [0.25, 0.3) is 6.08 Å². The summed E-state index contributed by atoms with van der Waals surface area (Å²) in [6.45, 7) is 1.57. The minimum absolute atomic E-state index is 0.314. The Kier molecular flexibility index (Phi) is 5.50. The highest BCUT2D eigenvalue weighted by atomic mass is 35.5. The summed E-state index contributed by atoms with van der Waals surface area (Å²) in [6, 6.07) is 4.27. The highest BCUT2D eigenvalue weighted by molar-refractivity contribution is 8.26. The van der Waals surface area contributed by atoms with E-state index in [4.69, 9.17) is 35.4 Å². The highest BCUT2D eigenvalue weighted by Gasteiger charge is 2.38. The van der Waals surface area contributed by atoms with Gasteiger partial charge in [0.1, 0.15) is 10.4 Å². The minimum Gasteiger partial charge on any atom is -0.467 e. The summed E-state index contributed by atoms with van der Waals surface area (Å²) in [7, 11) is 1.27. The largest absolute Gasteiger partial charge is 0.467 e. The van der Waals surface area contributed by atoms with Gasteiger partial charge in [0.25, 0.3) is 5.91 Å². The number of carbonyl (C=O) groups excluding carboxylic acids is 2. The van der Waals surface area contributed by atoms with Gasteiger partial charge >= 0.3 is 5.97 Å². The predicted octanol–water partition coefficient (Wildman–Crippen LogP) is 3.76. The van der Waals surface area contributed by atoms with E-state index in [-0.39, 0.29) is 5.91 Å². The fourth-order valence-corrected chi connectivity index (χ4v) is 3.57. The van der Waals surface area contributed by atoms with E-state index in [0.717, 1.165) is 17.3 Å². The highest BCUT2D eigenvalue weighted by Crippen LogP contribution is 2.34. The number of ether oxygens (including phenoxy) is 1. The summed E-state index contributed by atoms with van der Waals surface area (Å²) in [4.78, 5) is 25.7. The average molecular weight is 376 g/mol. The Labute approximate surface area is 147 Å². The van der Waals surface area contributed by atoms with Crippen LogP contribution in [0.2, 0.25) is 10.0 Å². The van der Waals surface area contributed by atoms with E-state index < -0.39 is 12.0 Å². The number of benzene rings is 1. The first-order chi connectivity index (χ1) is 10.3. The summed E-state index contributed by atoms with van der Waals surface area (Å²) in [6.07, 6.45) is 1.66. The predicted molar refractivity (Wildman–Crippen MR) is 93.0 cm³/mol. The van der Waals surface area contributed by atoms with E-state index in [9.17, 15) is 9.59 Å². The summed E-state index contributed by atoms with van der Waals surface area (Å²) in [5, 5.41) is 0.833. The third kappa shape index (κ3) is 3.46. The van der Waals surface area contributed by atoms with Crippen molar-refractivity contribution < 1.29 is 14.3 Å². The molecule has 1 aromatic carbocycles. The molecule has 1 amide bonds. The van der Waals surface area contributed by atoms with Crippen LogP contribution in [-0.2, 0) is 14.3 Å². The fourth-order valence-electron chi connectivity index (χ4n) is 1.84. The molecule has 0 saturated carbocycles. The molecule has 1 aromatic rings. The molecule has 0 bridgehead atoms. The van der Waals surface area contributed by atoms with Crippen molar-refractivity contribution in [2.24, 2.45) is 0 Å². The van der Waals surface area contributed by atoms with E-state index in [0.29, 0.717) is 19.3 Å². The standard InChI is InChI=1S/C14H11Cl2NO3S2/c1-7(13(19)20-2)17-12(18)11(22-14(17)21)6-8-3-4-9(15)10(16)5-8/h3-7H,1-2H3/b11-6-. The smallest absolute Gasteiger partial charge is 0.328 e. The fraction of sp³-hybridized carbons (Fsp3) is 0.214. The SMILES string of the molecule is COC(=O)C(C)N1C(=O)/C(=C/c2ccc(Cl)c(Cl)c2)SC1=S. The number of thiocarbonyl (C=S) groups is 1. The molecule has 0 aromatic heterocycles. The van der Waals surface area contributed by atoms with Crippen LogP contribution in [0.15, 0.2) is 23.1 Å². The first-order valence-corrected chi connectivity index (χ1v) is 8.13. The van der Waals surface area contributed by atoms with E-state index in [1.165, 1.54) is 12.0 Å². The second kappa shape index (κ2) is 7.00. The van der Waals surface area contributed by atoms with Crippen LogP contribution >= 0.6 is 47.2 Å². The Balaban J connectivity index is 2.29. The van der Waals surface area contributed by atoms with Gasteiger partial charge in [-0.25, -0.2) is 4.79 Å². The summed E-state index contributed by atoms with van der Waals surface area (Å²) in [5.74, 6) is -0.856. The van der Waals surface area contributed by atoms with Crippen LogP contribution in [-0.4, -0.2) is 34.2 Å². The van der Waals surface area contributed by atoms with E-state index in [1.807, 2.05) is 0 Å². The number of thioether (sulfide) groups is 1. The van der Waals surface area contributed by atoms with Gasteiger partial charge in [0, 0.05) is 0 Å². The second-order valence-electron chi connectivity index (χ2n) is 4.42. The second-order valence-corrected chi connectivity index (χ2v) is 6.91. The van der Waals surface area contributed by atoms with Gasteiger partial charge in [-0.15, -0.1) is 0 Å². The zero-order valence-corrected chi connectivity index (χ0v) is 14.8. The van der Waals surface area contributed by atoms with Gasteiger partial charge in [0.15, 0.2) is 0 Å². The Morgan fingerprint density at radius 3 is 2.68 bits per heavy atom. The molecule has 116 valence electrons. The molecule has 1 fully saturated rings. The maximum atomic E-state index is 12.4. The molecule has 0 spiro atoms. The van der Waals surface area contributed by atoms with Crippen molar-refractivity contribution in [2.45, 2.75) is 13.0 Å². The van der Waals surface area contributed by atoms with Gasteiger partial charge in [0.05, 0.1) is 22.1 Å².